The lowest BCUT2D eigenvalue weighted by Crippen LogP contribution is -2.34. The third-order valence-electron chi connectivity index (χ3n) is 4.72. The second-order valence-corrected chi connectivity index (χ2v) is 7.00. The van der Waals surface area contributed by atoms with Gasteiger partial charge in [0.15, 0.2) is 0 Å². The Morgan fingerprint density at radius 3 is 2.78 bits per heavy atom. The van der Waals surface area contributed by atoms with Crippen LogP contribution in [0.2, 0.25) is 5.02 Å². The van der Waals surface area contributed by atoms with Crippen LogP contribution in [0.1, 0.15) is 30.3 Å². The number of urea groups is 1. The van der Waals surface area contributed by atoms with Gasteiger partial charge < -0.3 is 14.7 Å². The number of likely N-dealkylation sites (tertiary alicyclic amines) is 1. The first-order valence-corrected chi connectivity index (χ1v) is 9.22. The van der Waals surface area contributed by atoms with E-state index in [4.69, 9.17) is 16.1 Å². The van der Waals surface area contributed by atoms with Gasteiger partial charge in [-0.2, -0.15) is 4.98 Å². The average molecular weight is 383 g/mol. The number of aromatic nitrogens is 2. The lowest BCUT2D eigenvalue weighted by Gasteiger charge is -2.22. The number of aryl methyl sites for hydroxylation is 1. The zero-order valence-electron chi connectivity index (χ0n) is 14.9. The van der Waals surface area contributed by atoms with Crippen molar-refractivity contribution in [2.24, 2.45) is 0 Å². The van der Waals surface area contributed by atoms with E-state index in [0.29, 0.717) is 29.0 Å². The van der Waals surface area contributed by atoms with Gasteiger partial charge in [-0.3, -0.25) is 0 Å². The summed E-state index contributed by atoms with van der Waals surface area (Å²) in [7, 11) is 0. The molecule has 27 heavy (non-hydrogen) atoms. The van der Waals surface area contributed by atoms with E-state index in [9.17, 15) is 4.79 Å². The van der Waals surface area contributed by atoms with Crippen LogP contribution in [-0.2, 0) is 0 Å². The monoisotopic (exact) mass is 382 g/mol. The normalized spacial score (nSPS) is 16.5. The highest BCUT2D eigenvalue weighted by molar-refractivity contribution is 6.30. The molecule has 0 unspecified atom stereocenters. The van der Waals surface area contributed by atoms with Gasteiger partial charge in [-0.25, -0.2) is 4.79 Å². The van der Waals surface area contributed by atoms with E-state index in [1.54, 1.807) is 29.2 Å². The Bertz CT molecular complexity index is 955. The number of benzene rings is 2. The Balaban J connectivity index is 1.52. The Kier molecular flexibility index (Phi) is 4.81. The lowest BCUT2D eigenvalue weighted by molar-refractivity contribution is 0.193. The van der Waals surface area contributed by atoms with Crippen molar-refractivity contribution in [3.05, 3.63) is 65.0 Å². The molecule has 2 amide bonds. The number of nitrogens with zero attached hydrogens (tertiary/aromatic N) is 3. The molecule has 1 N–H and O–H groups in total. The van der Waals surface area contributed by atoms with Crippen LogP contribution < -0.4 is 5.32 Å². The quantitative estimate of drug-likeness (QED) is 0.686. The summed E-state index contributed by atoms with van der Waals surface area (Å²) >= 11 is 5.89. The van der Waals surface area contributed by atoms with E-state index >= 15 is 0 Å². The second kappa shape index (κ2) is 7.40. The number of hydrogen-bond donors (Lipinski definition) is 1. The second-order valence-electron chi connectivity index (χ2n) is 6.56. The number of anilines is 1. The van der Waals surface area contributed by atoms with Crippen molar-refractivity contribution in [1.29, 1.82) is 0 Å². The summed E-state index contributed by atoms with van der Waals surface area (Å²) in [5.74, 6) is 1.02. The van der Waals surface area contributed by atoms with E-state index in [1.165, 1.54) is 0 Å². The van der Waals surface area contributed by atoms with Gasteiger partial charge in [-0.15, -0.1) is 0 Å². The molecule has 0 bridgehead atoms. The van der Waals surface area contributed by atoms with Crippen LogP contribution in [0.4, 0.5) is 10.5 Å². The van der Waals surface area contributed by atoms with E-state index in [1.807, 2.05) is 31.2 Å². The van der Waals surface area contributed by atoms with Crippen molar-refractivity contribution < 1.29 is 9.32 Å². The van der Waals surface area contributed by atoms with Crippen LogP contribution >= 0.6 is 11.6 Å². The van der Waals surface area contributed by atoms with Crippen LogP contribution in [-0.4, -0.2) is 27.6 Å². The standard InChI is InChI=1S/C20H19ClN4O2/c1-13-5-2-3-6-16(13)18-23-19(27-24-18)17-7-4-12-25(17)20(26)22-15-10-8-14(21)9-11-15/h2-3,5-6,8-11,17H,4,7,12H2,1H3,(H,22,26)/t17-/m0/s1. The number of hydrogen-bond acceptors (Lipinski definition) is 4. The third-order valence-corrected chi connectivity index (χ3v) is 4.97. The van der Waals surface area contributed by atoms with Gasteiger partial charge in [0.1, 0.15) is 6.04 Å². The molecule has 1 fully saturated rings. The largest absolute Gasteiger partial charge is 0.337 e. The minimum absolute atomic E-state index is 0.185. The van der Waals surface area contributed by atoms with Gasteiger partial charge in [0.05, 0.1) is 0 Å². The molecule has 3 aromatic rings. The minimum atomic E-state index is -0.220. The highest BCUT2D eigenvalue weighted by Gasteiger charge is 2.34. The molecule has 4 rings (SSSR count). The Hall–Kier alpha value is -2.86. The predicted octanol–water partition coefficient (Wildman–Crippen LogP) is 5.07. The highest BCUT2D eigenvalue weighted by Crippen LogP contribution is 2.33. The fourth-order valence-electron chi connectivity index (χ4n) is 3.30. The Morgan fingerprint density at radius 1 is 1.22 bits per heavy atom. The SMILES string of the molecule is Cc1ccccc1-c1noc([C@@H]2CCCN2C(=O)Nc2ccc(Cl)cc2)n1. The summed E-state index contributed by atoms with van der Waals surface area (Å²) < 4.78 is 5.50. The molecule has 2 aromatic carbocycles. The maximum absolute atomic E-state index is 12.7. The van der Waals surface area contributed by atoms with E-state index in [2.05, 4.69) is 15.5 Å². The van der Waals surface area contributed by atoms with Crippen molar-refractivity contribution in [1.82, 2.24) is 15.0 Å². The topological polar surface area (TPSA) is 71.3 Å². The molecule has 0 aliphatic carbocycles. The van der Waals surface area contributed by atoms with Crippen molar-refractivity contribution in [3.63, 3.8) is 0 Å². The van der Waals surface area contributed by atoms with E-state index in [0.717, 1.165) is 24.0 Å². The van der Waals surface area contributed by atoms with Crippen molar-refractivity contribution in [2.45, 2.75) is 25.8 Å². The number of rotatable bonds is 3. The van der Waals surface area contributed by atoms with Crippen LogP contribution in [0.15, 0.2) is 53.1 Å². The van der Waals surface area contributed by atoms with Crippen LogP contribution in [0.25, 0.3) is 11.4 Å². The zero-order valence-corrected chi connectivity index (χ0v) is 15.6. The van der Waals surface area contributed by atoms with Crippen molar-refractivity contribution >= 4 is 23.3 Å². The Morgan fingerprint density at radius 2 is 2.00 bits per heavy atom. The summed E-state index contributed by atoms with van der Waals surface area (Å²) in [5, 5.41) is 7.64. The molecule has 7 heteroatoms. The molecule has 1 aliphatic heterocycles. The maximum Gasteiger partial charge on any atom is 0.322 e. The van der Waals surface area contributed by atoms with E-state index < -0.39 is 0 Å². The molecule has 2 heterocycles. The highest BCUT2D eigenvalue weighted by atomic mass is 35.5. The lowest BCUT2D eigenvalue weighted by atomic mass is 10.1. The summed E-state index contributed by atoms with van der Waals surface area (Å²) in [6, 6.07) is 14.5. The van der Waals surface area contributed by atoms with Gasteiger partial charge >= 0.3 is 6.03 Å². The molecular weight excluding hydrogens is 364 g/mol. The maximum atomic E-state index is 12.7. The number of carbonyl (C=O) groups excluding carboxylic acids is 1. The molecule has 0 radical (unpaired) electrons. The summed E-state index contributed by atoms with van der Waals surface area (Å²) in [4.78, 5) is 19.0. The number of halogens is 1. The molecule has 0 saturated carbocycles. The number of amides is 2. The minimum Gasteiger partial charge on any atom is -0.337 e. The van der Waals surface area contributed by atoms with Crippen LogP contribution in [0.5, 0.6) is 0 Å². The number of carbonyl (C=O) groups is 1. The molecule has 1 atom stereocenters. The van der Waals surface area contributed by atoms with Gasteiger partial charge in [-0.1, -0.05) is 41.0 Å². The fraction of sp³-hybridized carbons (Fsp3) is 0.250. The van der Waals surface area contributed by atoms with Crippen LogP contribution in [0, 0.1) is 6.92 Å². The molecule has 6 nitrogen and oxygen atoms in total. The Labute approximate surface area is 162 Å². The first kappa shape index (κ1) is 17.5. The molecule has 138 valence electrons. The van der Waals surface area contributed by atoms with Crippen LogP contribution in [0.3, 0.4) is 0 Å². The summed E-state index contributed by atoms with van der Waals surface area (Å²) in [5.41, 5.74) is 2.71. The molecule has 1 aromatic heterocycles. The zero-order chi connectivity index (χ0) is 18.8. The molecular formula is C20H19ClN4O2. The van der Waals surface area contributed by atoms with Gasteiger partial charge in [0.25, 0.3) is 0 Å². The first-order valence-electron chi connectivity index (χ1n) is 8.84. The van der Waals surface area contributed by atoms with E-state index in [-0.39, 0.29) is 12.1 Å². The first-order chi connectivity index (χ1) is 13.1. The third kappa shape index (κ3) is 3.66. The molecule has 1 saturated heterocycles. The van der Waals surface area contributed by atoms with Crippen molar-refractivity contribution in [2.75, 3.05) is 11.9 Å². The smallest absolute Gasteiger partial charge is 0.322 e. The van der Waals surface area contributed by atoms with Gasteiger partial charge in [0.2, 0.25) is 11.7 Å². The summed E-state index contributed by atoms with van der Waals surface area (Å²) in [6.45, 7) is 2.65. The number of nitrogens with one attached hydrogen (secondary N) is 1. The van der Waals surface area contributed by atoms with Gasteiger partial charge in [-0.05, 0) is 49.6 Å². The average Bonchev–Trinajstić information content (AvgIpc) is 3.33. The molecule has 0 spiro atoms. The van der Waals surface area contributed by atoms with Crippen molar-refractivity contribution in [3.8, 4) is 11.4 Å². The predicted molar refractivity (Wildman–Crippen MR) is 104 cm³/mol. The fourth-order valence-corrected chi connectivity index (χ4v) is 3.42. The summed E-state index contributed by atoms with van der Waals surface area (Å²) in [6.07, 6.45) is 1.68. The van der Waals surface area contributed by atoms with Gasteiger partial charge in [0, 0.05) is 22.8 Å². The molecule has 1 aliphatic rings.